The molecule has 21 heavy (non-hydrogen) atoms. The minimum Gasteiger partial charge on any atom is -0.467 e. The van der Waals surface area contributed by atoms with Gasteiger partial charge in [-0.15, -0.1) is 0 Å². The van der Waals surface area contributed by atoms with E-state index in [4.69, 9.17) is 9.52 Å². The molecule has 1 aromatic carbocycles. The maximum absolute atomic E-state index is 12.3. The van der Waals surface area contributed by atoms with Gasteiger partial charge in [-0.05, 0) is 31.2 Å². The lowest BCUT2D eigenvalue weighted by Gasteiger charge is -2.07. The molecule has 4 heteroatoms. The van der Waals surface area contributed by atoms with E-state index in [2.05, 4.69) is 17.2 Å². The summed E-state index contributed by atoms with van der Waals surface area (Å²) in [5, 5.41) is 11.6. The Hall–Kier alpha value is -2.51. The van der Waals surface area contributed by atoms with Gasteiger partial charge in [-0.25, -0.2) is 0 Å². The molecule has 0 aliphatic carbocycles. The minimum atomic E-state index is -0.191. The Morgan fingerprint density at radius 3 is 2.95 bits per heavy atom. The Kier molecular flexibility index (Phi) is 5.19. The fraction of sp³-hybridized carbons (Fsp3) is 0.235. The van der Waals surface area contributed by atoms with Gasteiger partial charge in [0.25, 0.3) is 5.91 Å². The van der Waals surface area contributed by atoms with Crippen LogP contribution in [0.2, 0.25) is 0 Å². The molecule has 0 saturated heterocycles. The molecule has 2 N–H and O–H groups in total. The van der Waals surface area contributed by atoms with Crippen molar-refractivity contribution in [2.75, 3.05) is 6.61 Å². The van der Waals surface area contributed by atoms with Gasteiger partial charge in [-0.1, -0.05) is 23.5 Å². The lowest BCUT2D eigenvalue weighted by atomic mass is 10.0. The van der Waals surface area contributed by atoms with Gasteiger partial charge in [0, 0.05) is 12.0 Å². The first-order chi connectivity index (χ1) is 10.2. The number of nitrogens with one attached hydrogen (secondary N) is 1. The van der Waals surface area contributed by atoms with Crippen LogP contribution in [0.1, 0.15) is 33.7 Å². The summed E-state index contributed by atoms with van der Waals surface area (Å²) in [6.45, 7) is 2.27. The van der Waals surface area contributed by atoms with Crippen LogP contribution in [0, 0.1) is 18.8 Å². The molecule has 1 aromatic heterocycles. The number of hydrogen-bond donors (Lipinski definition) is 2. The highest BCUT2D eigenvalue weighted by Crippen LogP contribution is 2.11. The minimum absolute atomic E-state index is 0.0128. The summed E-state index contributed by atoms with van der Waals surface area (Å²) in [5.74, 6) is 6.27. The van der Waals surface area contributed by atoms with Crippen molar-refractivity contribution in [3.8, 4) is 11.8 Å². The van der Waals surface area contributed by atoms with E-state index in [1.165, 1.54) is 0 Å². The molecule has 0 bridgehead atoms. The van der Waals surface area contributed by atoms with E-state index in [0.29, 0.717) is 29.9 Å². The smallest absolute Gasteiger partial charge is 0.252 e. The Bertz CT molecular complexity index is 663. The second kappa shape index (κ2) is 7.32. The van der Waals surface area contributed by atoms with E-state index in [-0.39, 0.29) is 12.5 Å². The first kappa shape index (κ1) is 14.9. The first-order valence-corrected chi connectivity index (χ1v) is 6.71. The monoisotopic (exact) mass is 283 g/mol. The Morgan fingerprint density at radius 1 is 1.38 bits per heavy atom. The molecule has 0 unspecified atom stereocenters. The van der Waals surface area contributed by atoms with Gasteiger partial charge in [-0.3, -0.25) is 4.79 Å². The summed E-state index contributed by atoms with van der Waals surface area (Å²) in [6, 6.07) is 9.12. The third-order valence-corrected chi connectivity index (χ3v) is 2.88. The van der Waals surface area contributed by atoms with Gasteiger partial charge in [0.05, 0.1) is 25.0 Å². The average Bonchev–Trinajstić information content (AvgIpc) is 3.00. The SMILES string of the molecule is Cc1ccc(C#CCCO)c(C(=O)NCc2ccco2)c1. The molecule has 0 aliphatic heterocycles. The summed E-state index contributed by atoms with van der Waals surface area (Å²) in [4.78, 5) is 12.3. The van der Waals surface area contributed by atoms with Gasteiger partial charge >= 0.3 is 0 Å². The lowest BCUT2D eigenvalue weighted by Crippen LogP contribution is -2.23. The van der Waals surface area contributed by atoms with Crippen LogP contribution >= 0.6 is 0 Å². The van der Waals surface area contributed by atoms with Gasteiger partial charge in [0.2, 0.25) is 0 Å². The number of carbonyl (C=O) groups excluding carboxylic acids is 1. The number of benzene rings is 1. The molecule has 0 fully saturated rings. The van der Waals surface area contributed by atoms with E-state index >= 15 is 0 Å². The van der Waals surface area contributed by atoms with Crippen LogP contribution < -0.4 is 5.32 Å². The van der Waals surface area contributed by atoms with Gasteiger partial charge < -0.3 is 14.8 Å². The molecule has 0 saturated carbocycles. The van der Waals surface area contributed by atoms with Gasteiger partial charge in [-0.2, -0.15) is 0 Å². The molecule has 108 valence electrons. The number of aliphatic hydroxyl groups excluding tert-OH is 1. The summed E-state index contributed by atoms with van der Waals surface area (Å²) in [5.41, 5.74) is 2.18. The van der Waals surface area contributed by atoms with Crippen molar-refractivity contribution in [1.29, 1.82) is 0 Å². The summed E-state index contributed by atoms with van der Waals surface area (Å²) in [6.07, 6.45) is 1.96. The molecule has 0 spiro atoms. The highest BCUT2D eigenvalue weighted by Gasteiger charge is 2.10. The zero-order chi connectivity index (χ0) is 15.1. The van der Waals surface area contributed by atoms with Crippen LogP contribution in [-0.2, 0) is 6.54 Å². The standard InChI is InChI=1S/C17H17NO3/c1-13-7-8-14(5-2-3-9-19)16(11-13)17(20)18-12-15-6-4-10-21-15/h4,6-8,10-11,19H,3,9,12H2,1H3,(H,18,20). The number of carbonyl (C=O) groups is 1. The molecule has 1 amide bonds. The molecule has 1 heterocycles. The highest BCUT2D eigenvalue weighted by molar-refractivity contribution is 5.96. The number of rotatable bonds is 4. The summed E-state index contributed by atoms with van der Waals surface area (Å²) < 4.78 is 5.18. The molecule has 2 rings (SSSR count). The van der Waals surface area contributed by atoms with Crippen LogP contribution in [-0.4, -0.2) is 17.6 Å². The third-order valence-electron chi connectivity index (χ3n) is 2.88. The molecular formula is C17H17NO3. The van der Waals surface area contributed by atoms with Crippen molar-refractivity contribution in [3.05, 3.63) is 59.0 Å². The summed E-state index contributed by atoms with van der Waals surface area (Å²) >= 11 is 0. The van der Waals surface area contributed by atoms with Crippen molar-refractivity contribution < 1.29 is 14.3 Å². The van der Waals surface area contributed by atoms with Crippen molar-refractivity contribution in [2.45, 2.75) is 19.9 Å². The molecule has 0 aliphatic rings. The van der Waals surface area contributed by atoms with Crippen LogP contribution in [0.15, 0.2) is 41.0 Å². The van der Waals surface area contributed by atoms with Crippen LogP contribution in [0.5, 0.6) is 0 Å². The Balaban J connectivity index is 2.15. The zero-order valence-electron chi connectivity index (χ0n) is 11.8. The fourth-order valence-corrected chi connectivity index (χ4v) is 1.84. The predicted molar refractivity (Wildman–Crippen MR) is 79.6 cm³/mol. The van der Waals surface area contributed by atoms with Crippen molar-refractivity contribution in [1.82, 2.24) is 5.32 Å². The first-order valence-electron chi connectivity index (χ1n) is 6.71. The third kappa shape index (κ3) is 4.23. The molecule has 4 nitrogen and oxygen atoms in total. The Labute approximate surface area is 123 Å². The zero-order valence-corrected chi connectivity index (χ0v) is 11.8. The maximum atomic E-state index is 12.3. The topological polar surface area (TPSA) is 62.5 Å². The van der Waals surface area contributed by atoms with Gasteiger partial charge in [0.15, 0.2) is 0 Å². The van der Waals surface area contributed by atoms with Crippen LogP contribution in [0.3, 0.4) is 0 Å². The number of aliphatic hydroxyl groups is 1. The van der Waals surface area contributed by atoms with Gasteiger partial charge in [0.1, 0.15) is 5.76 Å². The Morgan fingerprint density at radius 2 is 2.24 bits per heavy atom. The average molecular weight is 283 g/mol. The lowest BCUT2D eigenvalue weighted by molar-refractivity contribution is 0.0947. The second-order valence-electron chi connectivity index (χ2n) is 4.59. The summed E-state index contributed by atoms with van der Waals surface area (Å²) in [7, 11) is 0. The number of hydrogen-bond acceptors (Lipinski definition) is 3. The van der Waals surface area contributed by atoms with E-state index < -0.39 is 0 Å². The van der Waals surface area contributed by atoms with Crippen LogP contribution in [0.25, 0.3) is 0 Å². The van der Waals surface area contributed by atoms with Crippen molar-refractivity contribution in [3.63, 3.8) is 0 Å². The largest absolute Gasteiger partial charge is 0.467 e. The molecule has 0 atom stereocenters. The normalized spacial score (nSPS) is 9.81. The van der Waals surface area contributed by atoms with Crippen molar-refractivity contribution >= 4 is 5.91 Å². The van der Waals surface area contributed by atoms with Crippen molar-refractivity contribution in [2.24, 2.45) is 0 Å². The number of furan rings is 1. The maximum Gasteiger partial charge on any atom is 0.252 e. The van der Waals surface area contributed by atoms with E-state index in [0.717, 1.165) is 5.56 Å². The van der Waals surface area contributed by atoms with E-state index in [9.17, 15) is 4.79 Å². The second-order valence-corrected chi connectivity index (χ2v) is 4.59. The number of aryl methyl sites for hydroxylation is 1. The van der Waals surface area contributed by atoms with E-state index in [1.807, 2.05) is 19.1 Å². The number of amides is 1. The molecule has 0 radical (unpaired) electrons. The van der Waals surface area contributed by atoms with Crippen LogP contribution in [0.4, 0.5) is 0 Å². The molecule has 2 aromatic rings. The quantitative estimate of drug-likeness (QED) is 0.846. The van der Waals surface area contributed by atoms with E-state index in [1.54, 1.807) is 24.5 Å². The highest BCUT2D eigenvalue weighted by atomic mass is 16.3. The molecular weight excluding hydrogens is 266 g/mol. The fourth-order valence-electron chi connectivity index (χ4n) is 1.84. The predicted octanol–water partition coefficient (Wildman–Crippen LogP) is 2.25.